The van der Waals surface area contributed by atoms with Crippen molar-refractivity contribution in [1.29, 1.82) is 0 Å². The molecule has 0 unspecified atom stereocenters. The molecule has 0 spiro atoms. The number of nitrogen functional groups attached to an aromatic ring is 1. The van der Waals surface area contributed by atoms with Gasteiger partial charge in [0.15, 0.2) is 0 Å². The molecule has 6 heteroatoms. The van der Waals surface area contributed by atoms with Crippen LogP contribution >= 0.6 is 0 Å². The molecule has 1 aromatic rings. The number of aromatic nitrogens is 2. The van der Waals surface area contributed by atoms with Gasteiger partial charge in [-0.05, 0) is 33.6 Å². The summed E-state index contributed by atoms with van der Waals surface area (Å²) in [4.78, 5) is 10.6. The molecule has 0 saturated carbocycles. The first-order valence-electron chi connectivity index (χ1n) is 6.30. The van der Waals surface area contributed by atoms with Crippen LogP contribution in [0.3, 0.4) is 0 Å². The van der Waals surface area contributed by atoms with Crippen molar-refractivity contribution in [3.63, 3.8) is 0 Å². The number of nitrogens with zero attached hydrogens (tertiary/aromatic N) is 2. The highest BCUT2D eigenvalue weighted by Gasteiger charge is 2.13. The number of carbonyl (C=O) groups is 1. The number of primary amides is 1. The highest BCUT2D eigenvalue weighted by molar-refractivity contribution is 5.73. The van der Waals surface area contributed by atoms with Gasteiger partial charge in [-0.1, -0.05) is 0 Å². The topological polar surface area (TPSA) is 99.0 Å². The molecule has 0 aliphatic carbocycles. The van der Waals surface area contributed by atoms with E-state index in [2.05, 4.69) is 24.3 Å². The summed E-state index contributed by atoms with van der Waals surface area (Å²) in [5.41, 5.74) is 12.6. The van der Waals surface area contributed by atoms with Crippen LogP contribution in [0.2, 0.25) is 0 Å². The Labute approximate surface area is 108 Å². The van der Waals surface area contributed by atoms with Crippen molar-refractivity contribution in [3.05, 3.63) is 5.69 Å². The molecule has 0 aromatic carbocycles. The molecule has 6 nitrogen and oxygen atoms in total. The molecular formula is C12H23N5O. The number of nitrogens with two attached hydrogens (primary N) is 2. The van der Waals surface area contributed by atoms with Gasteiger partial charge in [0.2, 0.25) is 5.91 Å². The zero-order valence-corrected chi connectivity index (χ0v) is 11.4. The lowest BCUT2D eigenvalue weighted by atomic mass is 10.2. The Bertz CT molecular complexity index is 411. The third kappa shape index (κ3) is 3.65. The lowest BCUT2D eigenvalue weighted by molar-refractivity contribution is -0.118. The van der Waals surface area contributed by atoms with E-state index < -0.39 is 0 Å². The second kappa shape index (κ2) is 6.28. The van der Waals surface area contributed by atoms with Crippen LogP contribution in [-0.4, -0.2) is 22.2 Å². The van der Waals surface area contributed by atoms with Gasteiger partial charge in [0, 0.05) is 19.0 Å². The standard InChI is InChI=1S/C12H23N5O/c1-8(2)17-12(11(14)9(3)16-17)15-7-5-4-6-10(13)18/h8,15H,4-7,14H2,1-3H3,(H2,13,18). The van der Waals surface area contributed by atoms with Crippen molar-refractivity contribution in [3.8, 4) is 0 Å². The van der Waals surface area contributed by atoms with Crippen LogP contribution in [0.5, 0.6) is 0 Å². The minimum Gasteiger partial charge on any atom is -0.394 e. The zero-order chi connectivity index (χ0) is 13.7. The van der Waals surface area contributed by atoms with Gasteiger partial charge >= 0.3 is 0 Å². The molecule has 0 radical (unpaired) electrons. The quantitative estimate of drug-likeness (QED) is 0.640. The second-order valence-corrected chi connectivity index (χ2v) is 4.74. The van der Waals surface area contributed by atoms with Crippen molar-refractivity contribution in [2.75, 3.05) is 17.6 Å². The van der Waals surface area contributed by atoms with Crippen LogP contribution in [0, 0.1) is 6.92 Å². The largest absolute Gasteiger partial charge is 0.394 e. The van der Waals surface area contributed by atoms with Gasteiger partial charge in [-0.2, -0.15) is 5.10 Å². The zero-order valence-electron chi connectivity index (χ0n) is 11.4. The van der Waals surface area contributed by atoms with Crippen molar-refractivity contribution in [1.82, 2.24) is 9.78 Å². The van der Waals surface area contributed by atoms with Gasteiger partial charge in [-0.15, -0.1) is 0 Å². The monoisotopic (exact) mass is 253 g/mol. The fourth-order valence-corrected chi connectivity index (χ4v) is 1.74. The minimum atomic E-state index is -0.252. The Hall–Kier alpha value is -1.72. The molecule has 1 heterocycles. The summed E-state index contributed by atoms with van der Waals surface area (Å²) in [5, 5.41) is 7.67. The summed E-state index contributed by atoms with van der Waals surface area (Å²) in [7, 11) is 0. The third-order valence-electron chi connectivity index (χ3n) is 2.76. The van der Waals surface area contributed by atoms with E-state index in [0.29, 0.717) is 12.1 Å². The van der Waals surface area contributed by atoms with E-state index in [0.717, 1.165) is 30.9 Å². The van der Waals surface area contributed by atoms with Crippen LogP contribution in [-0.2, 0) is 4.79 Å². The van der Waals surface area contributed by atoms with Gasteiger partial charge in [0.25, 0.3) is 0 Å². The summed E-state index contributed by atoms with van der Waals surface area (Å²) >= 11 is 0. The highest BCUT2D eigenvalue weighted by Crippen LogP contribution is 2.25. The van der Waals surface area contributed by atoms with Crippen molar-refractivity contribution >= 4 is 17.4 Å². The lowest BCUT2D eigenvalue weighted by Gasteiger charge is -2.13. The first-order valence-corrected chi connectivity index (χ1v) is 6.30. The Morgan fingerprint density at radius 2 is 2.11 bits per heavy atom. The number of unbranched alkanes of at least 4 members (excludes halogenated alkanes) is 1. The van der Waals surface area contributed by atoms with Crippen molar-refractivity contribution in [2.45, 2.75) is 46.1 Å². The fraction of sp³-hybridized carbons (Fsp3) is 0.667. The molecule has 0 aliphatic heterocycles. The summed E-state index contributed by atoms with van der Waals surface area (Å²) in [6, 6.07) is 0.258. The number of anilines is 2. The number of carbonyl (C=O) groups excluding carboxylic acids is 1. The van der Waals surface area contributed by atoms with E-state index in [1.54, 1.807) is 0 Å². The van der Waals surface area contributed by atoms with E-state index in [-0.39, 0.29) is 11.9 Å². The van der Waals surface area contributed by atoms with Crippen molar-refractivity contribution in [2.24, 2.45) is 5.73 Å². The van der Waals surface area contributed by atoms with Gasteiger partial charge in [-0.25, -0.2) is 4.68 Å². The minimum absolute atomic E-state index is 0.252. The molecule has 0 saturated heterocycles. The van der Waals surface area contributed by atoms with Crippen LogP contribution in [0.15, 0.2) is 0 Å². The molecule has 1 rings (SSSR count). The van der Waals surface area contributed by atoms with E-state index in [1.165, 1.54) is 0 Å². The Balaban J connectivity index is 2.53. The smallest absolute Gasteiger partial charge is 0.217 e. The molecule has 102 valence electrons. The summed E-state index contributed by atoms with van der Waals surface area (Å²) in [6.45, 7) is 6.77. The number of nitrogens with one attached hydrogen (secondary N) is 1. The molecule has 0 atom stereocenters. The number of hydrogen-bond acceptors (Lipinski definition) is 4. The molecule has 0 bridgehead atoms. The summed E-state index contributed by atoms with van der Waals surface area (Å²) in [5.74, 6) is 0.610. The Morgan fingerprint density at radius 1 is 1.44 bits per heavy atom. The highest BCUT2D eigenvalue weighted by atomic mass is 16.1. The maximum absolute atomic E-state index is 10.6. The predicted molar refractivity (Wildman–Crippen MR) is 73.3 cm³/mol. The van der Waals surface area contributed by atoms with Gasteiger partial charge in [0.05, 0.1) is 11.4 Å². The first-order chi connectivity index (χ1) is 8.43. The third-order valence-corrected chi connectivity index (χ3v) is 2.76. The Kier molecular flexibility index (Phi) is 5.00. The first kappa shape index (κ1) is 14.3. The Morgan fingerprint density at radius 3 is 2.67 bits per heavy atom. The predicted octanol–water partition coefficient (Wildman–Crippen LogP) is 1.42. The van der Waals surface area contributed by atoms with E-state index in [1.807, 2.05) is 11.6 Å². The van der Waals surface area contributed by atoms with E-state index in [9.17, 15) is 4.79 Å². The maximum atomic E-state index is 10.6. The van der Waals surface area contributed by atoms with Crippen LogP contribution in [0.4, 0.5) is 11.5 Å². The van der Waals surface area contributed by atoms with Crippen LogP contribution in [0.25, 0.3) is 0 Å². The molecule has 1 aromatic heterocycles. The van der Waals surface area contributed by atoms with E-state index in [4.69, 9.17) is 11.5 Å². The van der Waals surface area contributed by atoms with Gasteiger partial charge in [0.1, 0.15) is 5.82 Å². The van der Waals surface area contributed by atoms with Gasteiger partial charge < -0.3 is 16.8 Å². The molecule has 1 amide bonds. The van der Waals surface area contributed by atoms with Gasteiger partial charge in [-0.3, -0.25) is 4.79 Å². The summed E-state index contributed by atoms with van der Waals surface area (Å²) < 4.78 is 1.89. The van der Waals surface area contributed by atoms with E-state index >= 15 is 0 Å². The molecular weight excluding hydrogens is 230 g/mol. The molecule has 18 heavy (non-hydrogen) atoms. The SMILES string of the molecule is Cc1nn(C(C)C)c(NCCCCC(N)=O)c1N. The molecule has 0 fully saturated rings. The number of rotatable bonds is 7. The molecule has 0 aliphatic rings. The summed E-state index contributed by atoms with van der Waals surface area (Å²) in [6.07, 6.45) is 2.10. The van der Waals surface area contributed by atoms with Crippen LogP contribution < -0.4 is 16.8 Å². The average Bonchev–Trinajstić information content (AvgIpc) is 2.56. The fourth-order valence-electron chi connectivity index (χ4n) is 1.74. The second-order valence-electron chi connectivity index (χ2n) is 4.74. The number of aryl methyl sites for hydroxylation is 1. The normalized spacial score (nSPS) is 10.9. The average molecular weight is 253 g/mol. The number of hydrogen-bond donors (Lipinski definition) is 3. The number of amides is 1. The lowest BCUT2D eigenvalue weighted by Crippen LogP contribution is -2.13. The maximum Gasteiger partial charge on any atom is 0.217 e. The van der Waals surface area contributed by atoms with Crippen LogP contribution in [0.1, 0.15) is 44.8 Å². The van der Waals surface area contributed by atoms with Crippen molar-refractivity contribution < 1.29 is 4.79 Å². The molecule has 5 N–H and O–H groups in total.